The van der Waals surface area contributed by atoms with Gasteiger partial charge in [0, 0.05) is 36.4 Å². The maximum absolute atomic E-state index is 9.69. The monoisotopic (exact) mass is 492 g/mol. The highest BCUT2D eigenvalue weighted by molar-refractivity contribution is 5.44. The summed E-state index contributed by atoms with van der Waals surface area (Å²) < 4.78 is 17.5. The number of rotatable bonds is 9. The molecule has 36 heavy (non-hydrogen) atoms. The van der Waals surface area contributed by atoms with Gasteiger partial charge in [0.15, 0.2) is 0 Å². The van der Waals surface area contributed by atoms with Crippen molar-refractivity contribution in [2.75, 3.05) is 0 Å². The second kappa shape index (κ2) is 10.6. The van der Waals surface area contributed by atoms with Gasteiger partial charge >= 0.3 is 0 Å². The Morgan fingerprint density at radius 1 is 0.333 bits per heavy atom. The molecule has 4 aromatic carbocycles. The molecule has 0 unspecified atom stereocenters. The summed E-state index contributed by atoms with van der Waals surface area (Å²) in [6.07, 6.45) is 0. The Labute approximate surface area is 206 Å². The normalized spacial score (nSPS) is 10.7. The van der Waals surface area contributed by atoms with Crippen molar-refractivity contribution < 1.29 is 44.8 Å². The molecule has 0 radical (unpaired) electrons. The van der Waals surface area contributed by atoms with Gasteiger partial charge in [0.1, 0.15) is 71.6 Å². The molecule has 0 amide bonds. The second-order valence-electron chi connectivity index (χ2n) is 8.08. The first-order valence-electron chi connectivity index (χ1n) is 10.8. The van der Waals surface area contributed by atoms with Crippen molar-refractivity contribution >= 4 is 0 Å². The lowest BCUT2D eigenvalue weighted by molar-refractivity contribution is 0.273. The van der Waals surface area contributed by atoms with E-state index in [1.54, 1.807) is 18.2 Å². The van der Waals surface area contributed by atoms with Crippen LogP contribution in [0, 0.1) is 0 Å². The molecule has 4 rings (SSSR count). The molecule has 0 heterocycles. The number of hydrogen-bond donors (Lipinski definition) is 6. The topological polar surface area (TPSA) is 149 Å². The van der Waals surface area contributed by atoms with Gasteiger partial charge in [-0.3, -0.25) is 0 Å². The van der Waals surface area contributed by atoms with Crippen LogP contribution in [0.5, 0.6) is 51.7 Å². The van der Waals surface area contributed by atoms with Crippen LogP contribution in [0.1, 0.15) is 16.7 Å². The Kier molecular flexibility index (Phi) is 7.10. The fraction of sp³-hybridized carbons (Fsp3) is 0.111. The van der Waals surface area contributed by atoms with E-state index in [0.717, 1.165) is 0 Å². The van der Waals surface area contributed by atoms with Gasteiger partial charge in [-0.2, -0.15) is 0 Å². The van der Waals surface area contributed by atoms with E-state index in [1.807, 2.05) is 0 Å². The standard InChI is InChI=1S/C27H24O9/c28-19-1-16(2-20(29)7-19)13-34-25-10-26(35-14-17-3-21(30)8-22(31)4-17)12-27(11-25)36-15-18-5-23(32)9-24(33)6-18/h1-12,28-33H,13-15H2. The summed E-state index contributed by atoms with van der Waals surface area (Å²) in [6.45, 7) is 0.100. The van der Waals surface area contributed by atoms with E-state index in [4.69, 9.17) is 14.2 Å². The second-order valence-corrected chi connectivity index (χ2v) is 8.08. The lowest BCUT2D eigenvalue weighted by atomic mass is 10.2. The van der Waals surface area contributed by atoms with Crippen LogP contribution in [0.15, 0.2) is 72.8 Å². The van der Waals surface area contributed by atoms with Crippen molar-refractivity contribution in [1.29, 1.82) is 0 Å². The molecule has 4 aromatic rings. The highest BCUT2D eigenvalue weighted by atomic mass is 16.5. The summed E-state index contributed by atoms with van der Waals surface area (Å²) >= 11 is 0. The molecule has 0 aliphatic carbocycles. The van der Waals surface area contributed by atoms with E-state index in [0.29, 0.717) is 33.9 Å². The molecule has 0 aliphatic heterocycles. The molecule has 0 bridgehead atoms. The first-order chi connectivity index (χ1) is 17.2. The Morgan fingerprint density at radius 3 is 0.778 bits per heavy atom. The Bertz CT molecular complexity index is 1130. The third-order valence-corrected chi connectivity index (χ3v) is 4.96. The molecule has 9 nitrogen and oxygen atoms in total. The molecular formula is C27H24O9. The molecular weight excluding hydrogens is 468 g/mol. The third kappa shape index (κ3) is 6.80. The predicted molar refractivity (Wildman–Crippen MR) is 129 cm³/mol. The average Bonchev–Trinajstić information content (AvgIpc) is 2.78. The summed E-state index contributed by atoms with van der Waals surface area (Å²) in [6, 6.07) is 17.2. The van der Waals surface area contributed by atoms with Crippen LogP contribution in [0.4, 0.5) is 0 Å². The van der Waals surface area contributed by atoms with Gasteiger partial charge in [0.05, 0.1) is 0 Å². The van der Waals surface area contributed by atoms with Crippen LogP contribution < -0.4 is 14.2 Å². The minimum absolute atomic E-state index is 0.0334. The van der Waals surface area contributed by atoms with Crippen molar-refractivity contribution in [3.8, 4) is 51.7 Å². The van der Waals surface area contributed by atoms with E-state index in [2.05, 4.69) is 0 Å². The van der Waals surface area contributed by atoms with Gasteiger partial charge in [0.25, 0.3) is 0 Å². The quantitative estimate of drug-likeness (QED) is 0.196. The Balaban J connectivity index is 1.53. The molecule has 186 valence electrons. The van der Waals surface area contributed by atoms with E-state index in [-0.39, 0.29) is 54.3 Å². The van der Waals surface area contributed by atoms with Crippen LogP contribution in [0.2, 0.25) is 0 Å². The smallest absolute Gasteiger partial charge is 0.127 e. The van der Waals surface area contributed by atoms with Crippen molar-refractivity contribution in [2.24, 2.45) is 0 Å². The van der Waals surface area contributed by atoms with Gasteiger partial charge in [-0.15, -0.1) is 0 Å². The van der Waals surface area contributed by atoms with Gasteiger partial charge in [-0.25, -0.2) is 0 Å². The van der Waals surface area contributed by atoms with Crippen LogP contribution in [0.3, 0.4) is 0 Å². The Hall–Kier alpha value is -4.92. The number of hydrogen-bond acceptors (Lipinski definition) is 9. The number of phenols is 6. The van der Waals surface area contributed by atoms with Gasteiger partial charge in [-0.1, -0.05) is 0 Å². The molecule has 0 saturated carbocycles. The van der Waals surface area contributed by atoms with Crippen molar-refractivity contribution in [2.45, 2.75) is 19.8 Å². The molecule has 0 aromatic heterocycles. The SMILES string of the molecule is Oc1cc(O)cc(COc2cc(OCc3cc(O)cc(O)c3)cc(OCc3cc(O)cc(O)c3)c2)c1. The maximum Gasteiger partial charge on any atom is 0.127 e. The van der Waals surface area contributed by atoms with E-state index < -0.39 is 0 Å². The first kappa shape index (κ1) is 24.2. The van der Waals surface area contributed by atoms with Gasteiger partial charge in [-0.05, 0) is 53.1 Å². The zero-order chi connectivity index (χ0) is 25.7. The zero-order valence-electron chi connectivity index (χ0n) is 19.0. The van der Waals surface area contributed by atoms with E-state index >= 15 is 0 Å². The minimum atomic E-state index is -0.0987. The van der Waals surface area contributed by atoms with E-state index in [9.17, 15) is 30.6 Å². The highest BCUT2D eigenvalue weighted by Crippen LogP contribution is 2.31. The molecule has 0 spiro atoms. The number of benzene rings is 4. The van der Waals surface area contributed by atoms with Crippen LogP contribution in [0.25, 0.3) is 0 Å². The molecule has 0 saturated heterocycles. The lowest BCUT2D eigenvalue weighted by Gasteiger charge is -2.14. The number of phenolic OH excluding ortho intramolecular Hbond substituents is 6. The predicted octanol–water partition coefficient (Wildman–Crippen LogP) is 4.66. The maximum atomic E-state index is 9.69. The summed E-state index contributed by atoms with van der Waals surface area (Å²) in [5.41, 5.74) is 1.60. The Morgan fingerprint density at radius 2 is 0.556 bits per heavy atom. The van der Waals surface area contributed by atoms with Crippen molar-refractivity contribution in [1.82, 2.24) is 0 Å². The molecule has 0 atom stereocenters. The summed E-state index contributed by atoms with van der Waals surface area (Å²) in [4.78, 5) is 0. The van der Waals surface area contributed by atoms with Crippen molar-refractivity contribution in [3.05, 3.63) is 89.5 Å². The van der Waals surface area contributed by atoms with Crippen molar-refractivity contribution in [3.63, 3.8) is 0 Å². The van der Waals surface area contributed by atoms with Gasteiger partial charge < -0.3 is 44.8 Å². The largest absolute Gasteiger partial charge is 0.508 e. The molecule has 0 aliphatic rings. The minimum Gasteiger partial charge on any atom is -0.508 e. The summed E-state index contributed by atoms with van der Waals surface area (Å²) in [5, 5.41) is 58.1. The first-order valence-corrected chi connectivity index (χ1v) is 10.8. The average molecular weight is 492 g/mol. The highest BCUT2D eigenvalue weighted by Gasteiger charge is 2.09. The third-order valence-electron chi connectivity index (χ3n) is 4.96. The van der Waals surface area contributed by atoms with Gasteiger partial charge in [0.2, 0.25) is 0 Å². The molecule has 9 heteroatoms. The fourth-order valence-electron chi connectivity index (χ4n) is 3.51. The number of ether oxygens (including phenoxy) is 3. The van der Waals surface area contributed by atoms with E-state index in [1.165, 1.54) is 54.6 Å². The summed E-state index contributed by atoms with van der Waals surface area (Å²) in [5.74, 6) is 0.499. The molecule has 6 N–H and O–H groups in total. The summed E-state index contributed by atoms with van der Waals surface area (Å²) in [7, 11) is 0. The van der Waals surface area contributed by atoms with Crippen LogP contribution >= 0.6 is 0 Å². The number of aromatic hydroxyl groups is 6. The molecule has 0 fully saturated rings. The lowest BCUT2D eigenvalue weighted by Crippen LogP contribution is -2.00. The fourth-order valence-corrected chi connectivity index (χ4v) is 3.51. The zero-order valence-corrected chi connectivity index (χ0v) is 19.0. The van der Waals surface area contributed by atoms with Crippen LogP contribution in [-0.2, 0) is 19.8 Å². The van der Waals surface area contributed by atoms with Crippen LogP contribution in [-0.4, -0.2) is 30.6 Å².